The van der Waals surface area contributed by atoms with Crippen LogP contribution in [0, 0.1) is 0 Å². The van der Waals surface area contributed by atoms with Crippen LogP contribution in [-0.4, -0.2) is 17.8 Å². The summed E-state index contributed by atoms with van der Waals surface area (Å²) >= 11 is 0. The molecule has 0 amide bonds. The van der Waals surface area contributed by atoms with E-state index in [0.717, 1.165) is 41.8 Å². The number of aliphatic imine (C=N–C) groups is 1. The Balaban J connectivity index is 2.98. The van der Waals surface area contributed by atoms with Crippen molar-refractivity contribution in [1.29, 1.82) is 0 Å². The fourth-order valence-electron chi connectivity index (χ4n) is 2.48. The van der Waals surface area contributed by atoms with Gasteiger partial charge in [-0.05, 0) is 62.5 Å². The standard InChI is InChI=1S/C24H34N2/c1-8-10-22(16-18-26-24(5,6)7)23(19(3)4)25-17-15-21-13-11-20(9-2)12-14-21/h9,11-17,26H,2-3,8,10,18H2,1,4-7H3/b17-15+,22-16+,25-23+. The van der Waals surface area contributed by atoms with E-state index in [0.29, 0.717) is 0 Å². The van der Waals surface area contributed by atoms with Crippen molar-refractivity contribution in [3.8, 4) is 0 Å². The van der Waals surface area contributed by atoms with Gasteiger partial charge in [-0.1, -0.05) is 62.9 Å². The zero-order valence-corrected chi connectivity index (χ0v) is 17.1. The Hall–Kier alpha value is -2.19. The monoisotopic (exact) mass is 350 g/mol. The Morgan fingerprint density at radius 1 is 1.15 bits per heavy atom. The molecule has 0 heterocycles. The lowest BCUT2D eigenvalue weighted by Crippen LogP contribution is -2.35. The summed E-state index contributed by atoms with van der Waals surface area (Å²) in [5.41, 5.74) is 5.58. The quantitative estimate of drug-likeness (QED) is 0.510. The Labute approximate surface area is 160 Å². The maximum absolute atomic E-state index is 4.72. The van der Waals surface area contributed by atoms with Crippen molar-refractivity contribution in [2.75, 3.05) is 6.54 Å². The molecule has 0 aliphatic carbocycles. The molecular weight excluding hydrogens is 316 g/mol. The minimum atomic E-state index is 0.103. The Kier molecular flexibility index (Phi) is 9.01. The highest BCUT2D eigenvalue weighted by Crippen LogP contribution is 2.14. The minimum absolute atomic E-state index is 0.103. The van der Waals surface area contributed by atoms with Crippen LogP contribution in [0.5, 0.6) is 0 Å². The van der Waals surface area contributed by atoms with Crippen LogP contribution in [0.25, 0.3) is 12.2 Å². The van der Waals surface area contributed by atoms with Gasteiger partial charge in [-0.3, -0.25) is 4.99 Å². The summed E-state index contributed by atoms with van der Waals surface area (Å²) < 4.78 is 0. The lowest BCUT2D eigenvalue weighted by atomic mass is 9.99. The van der Waals surface area contributed by atoms with Gasteiger partial charge < -0.3 is 5.32 Å². The van der Waals surface area contributed by atoms with Crippen LogP contribution in [-0.2, 0) is 0 Å². The van der Waals surface area contributed by atoms with E-state index >= 15 is 0 Å². The van der Waals surface area contributed by atoms with Crippen LogP contribution in [0.4, 0.5) is 0 Å². The fourth-order valence-corrected chi connectivity index (χ4v) is 2.48. The average Bonchev–Trinajstić information content (AvgIpc) is 2.57. The number of nitrogens with one attached hydrogen (secondary N) is 1. The topological polar surface area (TPSA) is 24.4 Å². The summed E-state index contributed by atoms with van der Waals surface area (Å²) in [6, 6.07) is 8.24. The van der Waals surface area contributed by atoms with Crippen molar-refractivity contribution in [3.63, 3.8) is 0 Å². The second-order valence-corrected chi connectivity index (χ2v) is 7.55. The van der Waals surface area contributed by atoms with Gasteiger partial charge in [0, 0.05) is 18.3 Å². The zero-order chi connectivity index (χ0) is 19.6. The highest BCUT2D eigenvalue weighted by molar-refractivity contribution is 6.12. The zero-order valence-electron chi connectivity index (χ0n) is 17.1. The van der Waals surface area contributed by atoms with Gasteiger partial charge >= 0.3 is 0 Å². The lowest BCUT2D eigenvalue weighted by Gasteiger charge is -2.20. The van der Waals surface area contributed by atoms with E-state index in [1.807, 2.05) is 25.3 Å². The summed E-state index contributed by atoms with van der Waals surface area (Å²) in [5, 5.41) is 3.51. The largest absolute Gasteiger partial charge is 0.309 e. The van der Waals surface area contributed by atoms with Crippen molar-refractivity contribution in [2.45, 2.75) is 53.0 Å². The summed E-state index contributed by atoms with van der Waals surface area (Å²) in [7, 11) is 0. The second kappa shape index (κ2) is 10.7. The highest BCUT2D eigenvalue weighted by Gasteiger charge is 2.09. The SMILES string of the molecule is C=Cc1ccc(/C=C/N=C(C(=C)C)/C(=C/CNC(C)(C)C)CCC)cc1. The summed E-state index contributed by atoms with van der Waals surface area (Å²) in [6.07, 6.45) is 10.1. The van der Waals surface area contributed by atoms with Crippen LogP contribution in [0.2, 0.25) is 0 Å². The van der Waals surface area contributed by atoms with E-state index in [-0.39, 0.29) is 5.54 Å². The molecule has 1 rings (SSSR count). The maximum atomic E-state index is 4.72. The molecule has 0 fully saturated rings. The average molecular weight is 351 g/mol. The van der Waals surface area contributed by atoms with Gasteiger partial charge in [-0.15, -0.1) is 0 Å². The van der Waals surface area contributed by atoms with Crippen molar-refractivity contribution >= 4 is 17.9 Å². The fraction of sp³-hybridized carbons (Fsp3) is 0.375. The molecule has 0 bridgehead atoms. The third-order valence-corrected chi connectivity index (χ3v) is 3.85. The molecule has 0 aliphatic rings. The highest BCUT2D eigenvalue weighted by atomic mass is 14.9. The number of hydrogen-bond acceptors (Lipinski definition) is 2. The maximum Gasteiger partial charge on any atom is 0.0682 e. The Morgan fingerprint density at radius 3 is 2.27 bits per heavy atom. The molecule has 1 aromatic carbocycles. The normalized spacial score (nSPS) is 13.3. The number of allylic oxidation sites excluding steroid dienone is 2. The predicted molar refractivity (Wildman–Crippen MR) is 119 cm³/mol. The number of nitrogens with zero attached hydrogens (tertiary/aromatic N) is 1. The molecule has 26 heavy (non-hydrogen) atoms. The van der Waals surface area contributed by atoms with Crippen LogP contribution >= 0.6 is 0 Å². The Morgan fingerprint density at radius 2 is 1.77 bits per heavy atom. The smallest absolute Gasteiger partial charge is 0.0682 e. The van der Waals surface area contributed by atoms with E-state index < -0.39 is 0 Å². The van der Waals surface area contributed by atoms with Gasteiger partial charge in [0.15, 0.2) is 0 Å². The molecule has 0 atom stereocenters. The van der Waals surface area contributed by atoms with Gasteiger partial charge in [-0.2, -0.15) is 0 Å². The molecule has 0 aromatic heterocycles. The molecule has 0 saturated carbocycles. The predicted octanol–water partition coefficient (Wildman–Crippen LogP) is 6.43. The van der Waals surface area contributed by atoms with Crippen molar-refractivity contribution < 1.29 is 0 Å². The Bertz CT molecular complexity index is 680. The molecular formula is C24H34N2. The number of hydrogen-bond donors (Lipinski definition) is 1. The van der Waals surface area contributed by atoms with Gasteiger partial charge in [0.25, 0.3) is 0 Å². The third kappa shape index (κ3) is 8.26. The van der Waals surface area contributed by atoms with E-state index in [9.17, 15) is 0 Å². The summed E-state index contributed by atoms with van der Waals surface area (Å²) in [5.74, 6) is 0. The van der Waals surface area contributed by atoms with E-state index in [1.165, 1.54) is 5.57 Å². The van der Waals surface area contributed by atoms with Crippen LogP contribution in [0.1, 0.15) is 58.6 Å². The van der Waals surface area contributed by atoms with Crippen LogP contribution in [0.15, 0.2) is 65.8 Å². The molecule has 0 spiro atoms. The third-order valence-electron chi connectivity index (χ3n) is 3.85. The first-order valence-corrected chi connectivity index (χ1v) is 9.34. The molecule has 2 heteroatoms. The van der Waals surface area contributed by atoms with E-state index in [4.69, 9.17) is 4.99 Å². The second-order valence-electron chi connectivity index (χ2n) is 7.55. The number of benzene rings is 1. The summed E-state index contributed by atoms with van der Waals surface area (Å²) in [6.45, 7) is 19.5. The first-order valence-electron chi connectivity index (χ1n) is 9.34. The molecule has 0 unspecified atom stereocenters. The number of rotatable bonds is 9. The lowest BCUT2D eigenvalue weighted by molar-refractivity contribution is 0.449. The molecule has 1 N–H and O–H groups in total. The molecule has 0 aliphatic heterocycles. The van der Waals surface area contributed by atoms with Gasteiger partial charge in [-0.25, -0.2) is 0 Å². The minimum Gasteiger partial charge on any atom is -0.309 e. The first kappa shape index (κ1) is 21.9. The van der Waals surface area contributed by atoms with Gasteiger partial charge in [0.1, 0.15) is 0 Å². The van der Waals surface area contributed by atoms with Crippen molar-refractivity contribution in [2.24, 2.45) is 4.99 Å². The van der Waals surface area contributed by atoms with Gasteiger partial charge in [0.05, 0.1) is 5.71 Å². The summed E-state index contributed by atoms with van der Waals surface area (Å²) in [4.78, 5) is 4.72. The first-order chi connectivity index (χ1) is 12.3. The van der Waals surface area contributed by atoms with Gasteiger partial charge in [0.2, 0.25) is 0 Å². The van der Waals surface area contributed by atoms with E-state index in [1.54, 1.807) is 0 Å². The van der Waals surface area contributed by atoms with Crippen molar-refractivity contribution in [1.82, 2.24) is 5.32 Å². The van der Waals surface area contributed by atoms with E-state index in [2.05, 4.69) is 76.5 Å². The van der Waals surface area contributed by atoms with Crippen LogP contribution in [0.3, 0.4) is 0 Å². The van der Waals surface area contributed by atoms with Crippen molar-refractivity contribution in [3.05, 3.63) is 72.0 Å². The molecule has 0 radical (unpaired) electrons. The molecule has 140 valence electrons. The van der Waals surface area contributed by atoms with Crippen LogP contribution < -0.4 is 5.32 Å². The molecule has 0 saturated heterocycles. The molecule has 1 aromatic rings. The molecule has 2 nitrogen and oxygen atoms in total.